The molecule has 1 aliphatic heterocycles. The molecule has 8 heteroatoms. The van der Waals surface area contributed by atoms with E-state index in [1.807, 2.05) is 6.07 Å². The van der Waals surface area contributed by atoms with Gasteiger partial charge in [0.15, 0.2) is 5.96 Å². The lowest BCUT2D eigenvalue weighted by Gasteiger charge is -2.39. The Morgan fingerprint density at radius 3 is 2.59 bits per heavy atom. The lowest BCUT2D eigenvalue weighted by Crippen LogP contribution is -2.53. The Morgan fingerprint density at radius 2 is 1.96 bits per heavy atom. The number of rotatable bonds is 4. The number of guanidine groups is 1. The van der Waals surface area contributed by atoms with E-state index in [-0.39, 0.29) is 35.5 Å². The number of piperazine rings is 1. The van der Waals surface area contributed by atoms with Gasteiger partial charge in [-0.05, 0) is 25.8 Å². The molecular formula is C19H33IN6O. The van der Waals surface area contributed by atoms with Crippen LogP contribution in [-0.2, 0) is 0 Å². The molecule has 3 rings (SSSR count). The topological polar surface area (TPSA) is 76.9 Å². The normalized spacial score (nSPS) is 26.5. The highest BCUT2D eigenvalue weighted by molar-refractivity contribution is 14.0. The van der Waals surface area contributed by atoms with Gasteiger partial charge in [-0.3, -0.25) is 4.99 Å². The first-order chi connectivity index (χ1) is 12.6. The summed E-state index contributed by atoms with van der Waals surface area (Å²) in [6.07, 6.45) is 7.61. The molecule has 1 aromatic heterocycles. The first-order valence-electron chi connectivity index (χ1n) is 9.86. The van der Waals surface area contributed by atoms with Crippen LogP contribution in [0.4, 0.5) is 5.95 Å². The van der Waals surface area contributed by atoms with Crippen molar-refractivity contribution in [3.05, 3.63) is 18.5 Å². The molecule has 1 saturated carbocycles. The van der Waals surface area contributed by atoms with Crippen molar-refractivity contribution >= 4 is 35.9 Å². The molecule has 2 N–H and O–H groups in total. The number of halogens is 1. The van der Waals surface area contributed by atoms with E-state index in [0.717, 1.165) is 63.9 Å². The molecule has 2 heterocycles. The van der Waals surface area contributed by atoms with Crippen molar-refractivity contribution in [3.63, 3.8) is 0 Å². The number of aliphatic hydroxyl groups excluding tert-OH is 1. The minimum Gasteiger partial charge on any atom is -0.392 e. The summed E-state index contributed by atoms with van der Waals surface area (Å²) in [4.78, 5) is 18.1. The van der Waals surface area contributed by atoms with Gasteiger partial charge in [0.25, 0.3) is 0 Å². The van der Waals surface area contributed by atoms with Crippen LogP contribution in [0.1, 0.15) is 39.5 Å². The summed E-state index contributed by atoms with van der Waals surface area (Å²) in [6, 6.07) is 1.84. The van der Waals surface area contributed by atoms with E-state index in [1.165, 1.54) is 6.42 Å². The molecule has 2 atom stereocenters. The van der Waals surface area contributed by atoms with Gasteiger partial charge in [0.2, 0.25) is 5.95 Å². The van der Waals surface area contributed by atoms with Gasteiger partial charge in [0.1, 0.15) is 0 Å². The van der Waals surface area contributed by atoms with Crippen LogP contribution in [-0.4, -0.2) is 71.3 Å². The number of nitrogens with one attached hydrogen (secondary N) is 1. The third-order valence-corrected chi connectivity index (χ3v) is 5.62. The van der Waals surface area contributed by atoms with Crippen LogP contribution in [0.5, 0.6) is 0 Å². The second kappa shape index (κ2) is 10.4. The fourth-order valence-electron chi connectivity index (χ4n) is 3.82. The van der Waals surface area contributed by atoms with Crippen LogP contribution in [0.2, 0.25) is 0 Å². The summed E-state index contributed by atoms with van der Waals surface area (Å²) in [7, 11) is 0. The molecule has 2 unspecified atom stereocenters. The Labute approximate surface area is 179 Å². The van der Waals surface area contributed by atoms with Crippen molar-refractivity contribution in [2.24, 2.45) is 10.4 Å². The predicted octanol–water partition coefficient (Wildman–Crippen LogP) is 2.12. The second-order valence-corrected chi connectivity index (χ2v) is 7.61. The van der Waals surface area contributed by atoms with Gasteiger partial charge in [-0.25, -0.2) is 9.97 Å². The van der Waals surface area contributed by atoms with Crippen LogP contribution in [0.25, 0.3) is 0 Å². The van der Waals surface area contributed by atoms with E-state index >= 15 is 0 Å². The van der Waals surface area contributed by atoms with Crippen molar-refractivity contribution in [1.82, 2.24) is 20.2 Å². The first kappa shape index (κ1) is 22.1. The van der Waals surface area contributed by atoms with Gasteiger partial charge < -0.3 is 20.2 Å². The average Bonchev–Trinajstić information content (AvgIpc) is 2.68. The quantitative estimate of drug-likeness (QED) is 0.384. The van der Waals surface area contributed by atoms with Crippen molar-refractivity contribution < 1.29 is 5.11 Å². The fraction of sp³-hybridized carbons (Fsp3) is 0.737. The van der Waals surface area contributed by atoms with Crippen LogP contribution in [0.15, 0.2) is 23.5 Å². The molecule has 1 aromatic rings. The van der Waals surface area contributed by atoms with Gasteiger partial charge in [-0.1, -0.05) is 19.8 Å². The summed E-state index contributed by atoms with van der Waals surface area (Å²) in [5.41, 5.74) is -0.0986. The van der Waals surface area contributed by atoms with Gasteiger partial charge >= 0.3 is 0 Å². The molecule has 152 valence electrons. The van der Waals surface area contributed by atoms with Gasteiger partial charge in [-0.2, -0.15) is 0 Å². The third-order valence-electron chi connectivity index (χ3n) is 5.62. The Morgan fingerprint density at radius 1 is 1.26 bits per heavy atom. The zero-order valence-corrected chi connectivity index (χ0v) is 18.8. The smallest absolute Gasteiger partial charge is 0.225 e. The largest absolute Gasteiger partial charge is 0.392 e. The van der Waals surface area contributed by atoms with E-state index in [1.54, 1.807) is 12.4 Å². The molecule has 0 radical (unpaired) electrons. The zero-order valence-electron chi connectivity index (χ0n) is 16.5. The third kappa shape index (κ3) is 5.66. The van der Waals surface area contributed by atoms with Crippen LogP contribution < -0.4 is 10.2 Å². The molecular weight excluding hydrogens is 455 g/mol. The molecule has 1 aliphatic carbocycles. The summed E-state index contributed by atoms with van der Waals surface area (Å²) < 4.78 is 0. The fourth-order valence-corrected chi connectivity index (χ4v) is 3.82. The second-order valence-electron chi connectivity index (χ2n) is 7.61. The molecule has 0 amide bonds. The maximum Gasteiger partial charge on any atom is 0.225 e. The average molecular weight is 488 g/mol. The Hall–Kier alpha value is -1.16. The highest BCUT2D eigenvalue weighted by atomic mass is 127. The summed E-state index contributed by atoms with van der Waals surface area (Å²) in [5, 5.41) is 13.8. The minimum absolute atomic E-state index is 0. The van der Waals surface area contributed by atoms with Crippen LogP contribution >= 0.6 is 24.0 Å². The molecule has 0 bridgehead atoms. The van der Waals surface area contributed by atoms with Crippen LogP contribution in [0.3, 0.4) is 0 Å². The Kier molecular flexibility index (Phi) is 8.53. The van der Waals surface area contributed by atoms with Gasteiger partial charge in [0, 0.05) is 50.5 Å². The van der Waals surface area contributed by atoms with E-state index in [2.05, 4.69) is 38.9 Å². The maximum absolute atomic E-state index is 10.4. The summed E-state index contributed by atoms with van der Waals surface area (Å²) >= 11 is 0. The molecule has 0 aromatic carbocycles. The molecule has 0 spiro atoms. The van der Waals surface area contributed by atoms with Crippen molar-refractivity contribution in [1.29, 1.82) is 0 Å². The highest BCUT2D eigenvalue weighted by Gasteiger charge is 2.35. The van der Waals surface area contributed by atoms with Crippen LogP contribution in [0, 0.1) is 5.41 Å². The lowest BCUT2D eigenvalue weighted by atomic mass is 9.73. The maximum atomic E-state index is 10.4. The number of nitrogens with zero attached hydrogens (tertiary/aromatic N) is 5. The SMILES string of the molecule is CCNC(=NCC1(C)CCCCC1O)N1CCN(c2ncccn2)CC1.I. The molecule has 2 aliphatic rings. The first-order valence-corrected chi connectivity index (χ1v) is 9.86. The number of anilines is 1. The van der Waals surface area contributed by atoms with Crippen molar-refractivity contribution in [3.8, 4) is 0 Å². The number of hydrogen-bond acceptors (Lipinski definition) is 5. The molecule has 2 fully saturated rings. The number of aliphatic imine (C=N–C) groups is 1. The van der Waals surface area contributed by atoms with Gasteiger partial charge in [-0.15, -0.1) is 24.0 Å². The highest BCUT2D eigenvalue weighted by Crippen LogP contribution is 2.36. The lowest BCUT2D eigenvalue weighted by molar-refractivity contribution is 0.00703. The van der Waals surface area contributed by atoms with Crippen molar-refractivity contribution in [2.75, 3.05) is 44.2 Å². The Balaban J connectivity index is 0.00000261. The van der Waals surface area contributed by atoms with E-state index in [4.69, 9.17) is 4.99 Å². The zero-order chi connectivity index (χ0) is 18.4. The number of aliphatic hydroxyl groups is 1. The molecule has 1 saturated heterocycles. The monoisotopic (exact) mass is 488 g/mol. The Bertz CT molecular complexity index is 593. The van der Waals surface area contributed by atoms with E-state index in [9.17, 15) is 5.11 Å². The predicted molar refractivity (Wildman–Crippen MR) is 120 cm³/mol. The van der Waals surface area contributed by atoms with E-state index < -0.39 is 0 Å². The minimum atomic E-state index is -0.241. The van der Waals surface area contributed by atoms with Gasteiger partial charge in [0.05, 0.1) is 12.6 Å². The number of hydrogen-bond donors (Lipinski definition) is 2. The number of aromatic nitrogens is 2. The molecule has 27 heavy (non-hydrogen) atoms. The summed E-state index contributed by atoms with van der Waals surface area (Å²) in [6.45, 7) is 9.35. The summed E-state index contributed by atoms with van der Waals surface area (Å²) in [5.74, 6) is 1.76. The standard InChI is InChI=1S/C19H32N6O.HI/c1-3-20-17(23-15-19(2)8-5-4-7-16(19)26)24-11-13-25(14-12-24)18-21-9-6-10-22-18;/h6,9-10,16,26H,3-5,7-8,11-15H2,1-2H3,(H,20,23);1H. The molecule has 7 nitrogen and oxygen atoms in total. The van der Waals surface area contributed by atoms with Crippen molar-refractivity contribution in [2.45, 2.75) is 45.6 Å². The van der Waals surface area contributed by atoms with E-state index in [0.29, 0.717) is 6.54 Å².